The van der Waals surface area contributed by atoms with Gasteiger partial charge in [-0.2, -0.15) is 18.3 Å². The van der Waals surface area contributed by atoms with Gasteiger partial charge in [0.15, 0.2) is 0 Å². The molecule has 0 saturated carbocycles. The quantitative estimate of drug-likeness (QED) is 0.697. The zero-order chi connectivity index (χ0) is 15.7. The van der Waals surface area contributed by atoms with Crippen molar-refractivity contribution in [3.63, 3.8) is 0 Å². The third-order valence-corrected chi connectivity index (χ3v) is 3.22. The maximum atomic E-state index is 12.9. The SMILES string of the molecule is O=Cc1ccc2nn(Cc3ncccc3C(F)(F)F)cc2c1. The molecule has 0 unspecified atom stereocenters. The smallest absolute Gasteiger partial charge is 0.298 e. The van der Waals surface area contributed by atoms with Crippen LogP contribution in [0.1, 0.15) is 21.6 Å². The second-order valence-electron chi connectivity index (χ2n) is 4.76. The highest BCUT2D eigenvalue weighted by atomic mass is 19.4. The van der Waals surface area contributed by atoms with Crippen molar-refractivity contribution < 1.29 is 18.0 Å². The molecule has 4 nitrogen and oxygen atoms in total. The number of aldehydes is 1. The Morgan fingerprint density at radius 2 is 2.05 bits per heavy atom. The number of hydrogen-bond donors (Lipinski definition) is 0. The Labute approximate surface area is 123 Å². The van der Waals surface area contributed by atoms with Gasteiger partial charge in [-0.3, -0.25) is 14.5 Å². The second-order valence-corrected chi connectivity index (χ2v) is 4.76. The molecule has 112 valence electrons. The van der Waals surface area contributed by atoms with E-state index in [0.29, 0.717) is 22.8 Å². The van der Waals surface area contributed by atoms with E-state index in [1.807, 2.05) is 0 Å². The number of nitrogens with zero attached hydrogens (tertiary/aromatic N) is 3. The van der Waals surface area contributed by atoms with E-state index in [4.69, 9.17) is 0 Å². The summed E-state index contributed by atoms with van der Waals surface area (Å²) in [7, 11) is 0. The first-order valence-electron chi connectivity index (χ1n) is 6.41. The zero-order valence-electron chi connectivity index (χ0n) is 11.2. The summed E-state index contributed by atoms with van der Waals surface area (Å²) >= 11 is 0. The van der Waals surface area contributed by atoms with E-state index in [2.05, 4.69) is 10.1 Å². The topological polar surface area (TPSA) is 47.8 Å². The maximum Gasteiger partial charge on any atom is 0.418 e. The molecule has 0 aliphatic heterocycles. The van der Waals surface area contributed by atoms with Crippen molar-refractivity contribution in [3.8, 4) is 0 Å². The minimum Gasteiger partial charge on any atom is -0.298 e. The average Bonchev–Trinajstić information content (AvgIpc) is 2.87. The lowest BCUT2D eigenvalue weighted by atomic mass is 10.2. The van der Waals surface area contributed by atoms with Gasteiger partial charge in [0.25, 0.3) is 0 Å². The first-order chi connectivity index (χ1) is 10.5. The number of benzene rings is 1. The number of rotatable bonds is 3. The normalized spacial score (nSPS) is 11.8. The van der Waals surface area contributed by atoms with E-state index < -0.39 is 11.7 Å². The molecule has 1 aromatic carbocycles. The molecule has 0 amide bonds. The van der Waals surface area contributed by atoms with E-state index in [9.17, 15) is 18.0 Å². The van der Waals surface area contributed by atoms with Crippen LogP contribution >= 0.6 is 0 Å². The molecule has 2 heterocycles. The van der Waals surface area contributed by atoms with E-state index in [0.717, 1.165) is 6.07 Å². The number of pyridine rings is 1. The molecule has 0 bridgehead atoms. The fraction of sp³-hybridized carbons (Fsp3) is 0.133. The predicted molar refractivity (Wildman–Crippen MR) is 73.5 cm³/mol. The molecule has 2 aromatic heterocycles. The van der Waals surface area contributed by atoms with Crippen LogP contribution in [0.3, 0.4) is 0 Å². The highest BCUT2D eigenvalue weighted by Gasteiger charge is 2.33. The van der Waals surface area contributed by atoms with Gasteiger partial charge in [0.1, 0.15) is 6.29 Å². The Hall–Kier alpha value is -2.70. The Morgan fingerprint density at radius 1 is 1.23 bits per heavy atom. The van der Waals surface area contributed by atoms with Crippen LogP contribution in [-0.4, -0.2) is 21.1 Å². The minimum absolute atomic E-state index is 0.0964. The van der Waals surface area contributed by atoms with E-state index >= 15 is 0 Å². The maximum absolute atomic E-state index is 12.9. The molecule has 0 N–H and O–H groups in total. The van der Waals surface area contributed by atoms with Crippen LogP contribution in [-0.2, 0) is 12.7 Å². The van der Waals surface area contributed by atoms with Crippen LogP contribution in [0.2, 0.25) is 0 Å². The van der Waals surface area contributed by atoms with Gasteiger partial charge in [-0.05, 0) is 30.3 Å². The Morgan fingerprint density at radius 3 is 2.77 bits per heavy atom. The molecule has 0 atom stereocenters. The molecule has 0 fully saturated rings. The van der Waals surface area contributed by atoms with Crippen LogP contribution < -0.4 is 0 Å². The summed E-state index contributed by atoms with van der Waals surface area (Å²) < 4.78 is 40.2. The number of hydrogen-bond acceptors (Lipinski definition) is 3. The van der Waals surface area contributed by atoms with Crippen molar-refractivity contribution in [2.75, 3.05) is 0 Å². The second kappa shape index (κ2) is 5.25. The van der Waals surface area contributed by atoms with E-state index in [1.54, 1.807) is 24.4 Å². The van der Waals surface area contributed by atoms with Crippen LogP contribution in [0.4, 0.5) is 13.2 Å². The number of alkyl halides is 3. The lowest BCUT2D eigenvalue weighted by molar-refractivity contribution is -0.138. The molecule has 3 aromatic rings. The largest absolute Gasteiger partial charge is 0.418 e. The number of aromatic nitrogens is 3. The zero-order valence-corrected chi connectivity index (χ0v) is 11.2. The van der Waals surface area contributed by atoms with Crippen LogP contribution in [0.5, 0.6) is 0 Å². The van der Waals surface area contributed by atoms with Crippen molar-refractivity contribution >= 4 is 17.2 Å². The van der Waals surface area contributed by atoms with Gasteiger partial charge in [-0.25, -0.2) is 0 Å². The number of carbonyl (C=O) groups is 1. The van der Waals surface area contributed by atoms with Gasteiger partial charge < -0.3 is 0 Å². The van der Waals surface area contributed by atoms with Gasteiger partial charge in [0, 0.05) is 23.3 Å². The molecule has 3 rings (SSSR count). The fourth-order valence-electron chi connectivity index (χ4n) is 2.23. The van der Waals surface area contributed by atoms with Crippen molar-refractivity contribution in [2.24, 2.45) is 0 Å². The number of fused-ring (bicyclic) bond motifs is 1. The molecule has 7 heteroatoms. The van der Waals surface area contributed by atoms with Gasteiger partial charge in [-0.1, -0.05) is 0 Å². The lowest BCUT2D eigenvalue weighted by Gasteiger charge is -2.11. The van der Waals surface area contributed by atoms with E-state index in [1.165, 1.54) is 16.9 Å². The van der Waals surface area contributed by atoms with Gasteiger partial charge in [0.05, 0.1) is 23.3 Å². The van der Waals surface area contributed by atoms with Gasteiger partial charge in [0.2, 0.25) is 0 Å². The molecular weight excluding hydrogens is 295 g/mol. The standard InChI is InChI=1S/C15H10F3N3O/c16-15(17,18)12-2-1-5-19-14(12)8-21-7-11-6-10(9-22)3-4-13(11)20-21/h1-7,9H,8H2. The highest BCUT2D eigenvalue weighted by molar-refractivity contribution is 5.86. The molecule has 0 radical (unpaired) electrons. The van der Waals surface area contributed by atoms with E-state index in [-0.39, 0.29) is 12.2 Å². The molecule has 0 aliphatic carbocycles. The molecule has 0 saturated heterocycles. The lowest BCUT2D eigenvalue weighted by Crippen LogP contribution is -2.13. The predicted octanol–water partition coefficient (Wildman–Crippen LogP) is 3.31. The summed E-state index contributed by atoms with van der Waals surface area (Å²) in [5.41, 5.74) is 0.220. The summed E-state index contributed by atoms with van der Waals surface area (Å²) in [5, 5.41) is 4.89. The first-order valence-corrected chi connectivity index (χ1v) is 6.41. The number of halogens is 3. The van der Waals surface area contributed by atoms with Crippen LogP contribution in [0.15, 0.2) is 42.7 Å². The number of carbonyl (C=O) groups excluding carboxylic acids is 1. The summed E-state index contributed by atoms with van der Waals surface area (Å²) in [4.78, 5) is 14.5. The molecule has 22 heavy (non-hydrogen) atoms. The summed E-state index contributed by atoms with van der Waals surface area (Å²) in [5.74, 6) is 0. The first kappa shape index (κ1) is 14.2. The monoisotopic (exact) mass is 305 g/mol. The highest BCUT2D eigenvalue weighted by Crippen LogP contribution is 2.31. The molecule has 0 aliphatic rings. The summed E-state index contributed by atoms with van der Waals surface area (Å²) in [6.45, 7) is -0.0964. The van der Waals surface area contributed by atoms with Gasteiger partial charge >= 0.3 is 6.18 Å². The van der Waals surface area contributed by atoms with Crippen molar-refractivity contribution in [1.29, 1.82) is 0 Å². The van der Waals surface area contributed by atoms with Gasteiger partial charge in [-0.15, -0.1) is 0 Å². The van der Waals surface area contributed by atoms with Crippen LogP contribution in [0.25, 0.3) is 10.9 Å². The van der Waals surface area contributed by atoms with Crippen LogP contribution in [0, 0.1) is 0 Å². The third kappa shape index (κ3) is 2.69. The summed E-state index contributed by atoms with van der Waals surface area (Å²) in [6.07, 6.45) is -0.840. The third-order valence-electron chi connectivity index (χ3n) is 3.22. The van der Waals surface area contributed by atoms with Crippen molar-refractivity contribution in [2.45, 2.75) is 12.7 Å². The summed E-state index contributed by atoms with van der Waals surface area (Å²) in [6, 6.07) is 7.14. The Kier molecular flexibility index (Phi) is 3.40. The fourth-order valence-corrected chi connectivity index (χ4v) is 2.23. The Balaban J connectivity index is 1.99. The van der Waals surface area contributed by atoms with Crippen molar-refractivity contribution in [1.82, 2.24) is 14.8 Å². The Bertz CT molecular complexity index is 839. The van der Waals surface area contributed by atoms with Crippen molar-refractivity contribution in [3.05, 3.63) is 59.5 Å². The average molecular weight is 305 g/mol. The minimum atomic E-state index is -4.46. The molecule has 0 spiro atoms. The molecular formula is C15H10F3N3O.